The number of carbonyl (C=O) groups is 1. The Morgan fingerprint density at radius 1 is 0.903 bits per heavy atom. The van der Waals surface area contributed by atoms with Gasteiger partial charge in [0.15, 0.2) is 0 Å². The van der Waals surface area contributed by atoms with E-state index in [-0.39, 0.29) is 12.1 Å². The largest absolute Gasteiger partial charge is 0.494 e. The van der Waals surface area contributed by atoms with Gasteiger partial charge >= 0.3 is 5.97 Å². The van der Waals surface area contributed by atoms with Gasteiger partial charge in [0.1, 0.15) is 17.6 Å². The molecule has 2 rings (SSSR count). The van der Waals surface area contributed by atoms with Crippen LogP contribution in [-0.4, -0.2) is 25.3 Å². The van der Waals surface area contributed by atoms with Crippen LogP contribution >= 0.6 is 0 Å². The maximum atomic E-state index is 12.3. The SMILES string of the molecule is CCCCCCOc1ccc(OCCCCCC)c(C=CC(=O)OC2CCCCC2)c1. The molecule has 0 N–H and O–H groups in total. The molecule has 0 bridgehead atoms. The second-order valence-corrected chi connectivity index (χ2v) is 8.55. The third-order valence-electron chi connectivity index (χ3n) is 5.74. The predicted octanol–water partition coefficient (Wildman–Crippen LogP) is 7.49. The van der Waals surface area contributed by atoms with Crippen LogP contribution in [0.5, 0.6) is 11.5 Å². The topological polar surface area (TPSA) is 44.8 Å². The summed E-state index contributed by atoms with van der Waals surface area (Å²) in [6.07, 6.45) is 18.3. The second kappa shape index (κ2) is 15.8. The third-order valence-corrected chi connectivity index (χ3v) is 5.74. The van der Waals surface area contributed by atoms with Crippen molar-refractivity contribution in [2.75, 3.05) is 13.2 Å². The molecule has 0 atom stereocenters. The molecule has 1 aliphatic carbocycles. The molecule has 0 spiro atoms. The summed E-state index contributed by atoms with van der Waals surface area (Å²) in [5.74, 6) is 1.33. The maximum absolute atomic E-state index is 12.3. The predicted molar refractivity (Wildman–Crippen MR) is 128 cm³/mol. The number of esters is 1. The third kappa shape index (κ3) is 10.8. The first-order valence-corrected chi connectivity index (χ1v) is 12.5. The summed E-state index contributed by atoms with van der Waals surface area (Å²) >= 11 is 0. The minimum absolute atomic E-state index is 0.0676. The lowest BCUT2D eigenvalue weighted by atomic mass is 9.98. The van der Waals surface area contributed by atoms with Crippen LogP contribution in [0.3, 0.4) is 0 Å². The Bertz CT molecular complexity index is 647. The van der Waals surface area contributed by atoms with E-state index in [0.717, 1.165) is 55.6 Å². The average molecular weight is 431 g/mol. The molecule has 1 aromatic rings. The number of hydrogen-bond donors (Lipinski definition) is 0. The molecule has 1 saturated carbocycles. The Labute approximate surface area is 189 Å². The van der Waals surface area contributed by atoms with Crippen LogP contribution in [0.4, 0.5) is 0 Å². The van der Waals surface area contributed by atoms with Gasteiger partial charge in [-0.3, -0.25) is 0 Å². The molecule has 0 saturated heterocycles. The number of hydrogen-bond acceptors (Lipinski definition) is 4. The molecule has 1 aromatic carbocycles. The average Bonchev–Trinajstić information content (AvgIpc) is 2.79. The number of carbonyl (C=O) groups excluding carboxylic acids is 1. The van der Waals surface area contributed by atoms with Crippen LogP contribution in [-0.2, 0) is 9.53 Å². The molecule has 0 aliphatic heterocycles. The zero-order valence-corrected chi connectivity index (χ0v) is 19.7. The van der Waals surface area contributed by atoms with E-state index in [0.29, 0.717) is 13.2 Å². The van der Waals surface area contributed by atoms with Gasteiger partial charge in [-0.05, 0) is 62.8 Å². The van der Waals surface area contributed by atoms with E-state index in [9.17, 15) is 4.79 Å². The minimum Gasteiger partial charge on any atom is -0.494 e. The number of benzene rings is 1. The standard InChI is InChI=1S/C27H42O4/c1-3-5-7-12-20-29-25-17-18-26(30-21-13-8-6-4-2)23(22-25)16-19-27(28)31-24-14-10-9-11-15-24/h16-19,22,24H,3-15,20-21H2,1-2H3. The second-order valence-electron chi connectivity index (χ2n) is 8.55. The van der Waals surface area contributed by atoms with E-state index in [1.165, 1.54) is 51.0 Å². The summed E-state index contributed by atoms with van der Waals surface area (Å²) in [6, 6.07) is 5.87. The normalized spacial score (nSPS) is 14.6. The van der Waals surface area contributed by atoms with E-state index in [4.69, 9.17) is 14.2 Å². The summed E-state index contributed by atoms with van der Waals surface area (Å²) in [6.45, 7) is 5.81. The molecule has 0 amide bonds. The molecular formula is C27H42O4. The Morgan fingerprint density at radius 2 is 1.58 bits per heavy atom. The van der Waals surface area contributed by atoms with Gasteiger partial charge in [0, 0.05) is 11.6 Å². The van der Waals surface area contributed by atoms with Crippen molar-refractivity contribution in [1.29, 1.82) is 0 Å². The molecule has 1 fully saturated rings. The summed E-state index contributed by atoms with van der Waals surface area (Å²) < 4.78 is 17.6. The van der Waals surface area contributed by atoms with Crippen LogP contribution in [0.25, 0.3) is 6.08 Å². The highest BCUT2D eigenvalue weighted by Gasteiger charge is 2.16. The summed E-state index contributed by atoms with van der Waals surface area (Å²) in [7, 11) is 0. The maximum Gasteiger partial charge on any atom is 0.331 e. The molecule has 0 unspecified atom stereocenters. The van der Waals surface area contributed by atoms with Crippen LogP contribution < -0.4 is 9.47 Å². The Kier molecular flexibility index (Phi) is 12.9. The first kappa shape index (κ1) is 25.3. The highest BCUT2D eigenvalue weighted by atomic mass is 16.5. The fourth-order valence-electron chi connectivity index (χ4n) is 3.85. The van der Waals surface area contributed by atoms with E-state index in [2.05, 4.69) is 13.8 Å². The van der Waals surface area contributed by atoms with Crippen molar-refractivity contribution >= 4 is 12.0 Å². The van der Waals surface area contributed by atoms with Gasteiger partial charge in [-0.1, -0.05) is 58.8 Å². The molecule has 4 heteroatoms. The van der Waals surface area contributed by atoms with Crippen molar-refractivity contribution in [3.63, 3.8) is 0 Å². The smallest absolute Gasteiger partial charge is 0.331 e. The van der Waals surface area contributed by atoms with Crippen LogP contribution in [0, 0.1) is 0 Å². The molecular weight excluding hydrogens is 388 g/mol. The minimum atomic E-state index is -0.272. The Hall–Kier alpha value is -1.97. The summed E-state index contributed by atoms with van der Waals surface area (Å²) in [4.78, 5) is 12.3. The molecule has 174 valence electrons. The highest BCUT2D eigenvalue weighted by molar-refractivity contribution is 5.87. The van der Waals surface area contributed by atoms with Crippen molar-refractivity contribution in [3.05, 3.63) is 29.8 Å². The number of rotatable bonds is 15. The van der Waals surface area contributed by atoms with Gasteiger partial charge in [-0.2, -0.15) is 0 Å². The molecule has 0 heterocycles. The van der Waals surface area contributed by atoms with E-state index < -0.39 is 0 Å². The highest BCUT2D eigenvalue weighted by Crippen LogP contribution is 2.27. The van der Waals surface area contributed by atoms with Gasteiger partial charge in [-0.15, -0.1) is 0 Å². The van der Waals surface area contributed by atoms with Crippen LogP contribution in [0.2, 0.25) is 0 Å². The van der Waals surface area contributed by atoms with Gasteiger partial charge in [0.25, 0.3) is 0 Å². The first-order valence-electron chi connectivity index (χ1n) is 12.5. The molecule has 4 nitrogen and oxygen atoms in total. The zero-order chi connectivity index (χ0) is 22.2. The summed E-state index contributed by atoms with van der Waals surface area (Å²) in [5.41, 5.74) is 0.863. The van der Waals surface area contributed by atoms with Crippen LogP contribution in [0.1, 0.15) is 103 Å². The fourth-order valence-corrected chi connectivity index (χ4v) is 3.85. The Morgan fingerprint density at radius 3 is 2.26 bits per heavy atom. The quantitative estimate of drug-likeness (QED) is 0.164. The summed E-state index contributed by atoms with van der Waals surface area (Å²) in [5, 5.41) is 0. The fraction of sp³-hybridized carbons (Fsp3) is 0.667. The molecule has 0 aromatic heterocycles. The Balaban J connectivity index is 1.96. The van der Waals surface area contributed by atoms with E-state index in [1.54, 1.807) is 6.08 Å². The first-order chi connectivity index (χ1) is 15.2. The number of ether oxygens (including phenoxy) is 3. The van der Waals surface area contributed by atoms with Gasteiger partial charge in [-0.25, -0.2) is 4.79 Å². The lowest BCUT2D eigenvalue weighted by Gasteiger charge is -2.20. The van der Waals surface area contributed by atoms with Crippen molar-refractivity contribution in [2.24, 2.45) is 0 Å². The van der Waals surface area contributed by atoms with E-state index in [1.807, 2.05) is 18.2 Å². The molecule has 31 heavy (non-hydrogen) atoms. The lowest BCUT2D eigenvalue weighted by molar-refractivity contribution is -0.144. The van der Waals surface area contributed by atoms with Crippen molar-refractivity contribution < 1.29 is 19.0 Å². The van der Waals surface area contributed by atoms with Gasteiger partial charge in [0.2, 0.25) is 0 Å². The monoisotopic (exact) mass is 430 g/mol. The van der Waals surface area contributed by atoms with Gasteiger partial charge < -0.3 is 14.2 Å². The van der Waals surface area contributed by atoms with Crippen LogP contribution in [0.15, 0.2) is 24.3 Å². The molecule has 0 radical (unpaired) electrons. The van der Waals surface area contributed by atoms with Crippen molar-refractivity contribution in [3.8, 4) is 11.5 Å². The van der Waals surface area contributed by atoms with Crippen molar-refractivity contribution in [2.45, 2.75) is 103 Å². The number of unbranched alkanes of at least 4 members (excludes halogenated alkanes) is 6. The van der Waals surface area contributed by atoms with E-state index >= 15 is 0 Å². The molecule has 1 aliphatic rings. The zero-order valence-electron chi connectivity index (χ0n) is 19.7. The lowest BCUT2D eigenvalue weighted by Crippen LogP contribution is -2.19. The van der Waals surface area contributed by atoms with Gasteiger partial charge in [0.05, 0.1) is 13.2 Å². The van der Waals surface area contributed by atoms with Crippen molar-refractivity contribution in [1.82, 2.24) is 0 Å².